The van der Waals surface area contributed by atoms with E-state index in [9.17, 15) is 9.59 Å². The minimum Gasteiger partial charge on any atom is -0.383 e. The number of anilines is 1. The fourth-order valence-corrected chi connectivity index (χ4v) is 2.02. The number of hydrogen-bond donors (Lipinski definition) is 1. The van der Waals surface area contributed by atoms with Gasteiger partial charge < -0.3 is 10.2 Å². The van der Waals surface area contributed by atoms with Gasteiger partial charge >= 0.3 is 0 Å². The number of carbonyl (C=O) groups excluding carboxylic acids is 2. The third-order valence-electron chi connectivity index (χ3n) is 3.22. The van der Waals surface area contributed by atoms with Crippen molar-refractivity contribution in [1.82, 2.24) is 4.90 Å². The number of nitrogens with one attached hydrogen (secondary N) is 1. The molecule has 2 aromatic rings. The zero-order valence-electron chi connectivity index (χ0n) is 13.5. The molecule has 0 heterocycles. The van der Waals surface area contributed by atoms with Crippen LogP contribution in [0.25, 0.3) is 0 Å². The number of nitrogens with zero attached hydrogens (tertiary/aromatic N) is 2. The first kappa shape index (κ1) is 17.0. The van der Waals surface area contributed by atoms with E-state index in [1.165, 1.54) is 12.1 Å². The van der Waals surface area contributed by atoms with Crippen LogP contribution in [-0.4, -0.2) is 30.7 Å². The number of ketones is 1. The van der Waals surface area contributed by atoms with Crippen LogP contribution < -0.4 is 5.32 Å². The maximum absolute atomic E-state index is 12.3. The molecule has 0 unspecified atom stereocenters. The number of rotatable bonds is 5. The molecule has 0 spiro atoms. The van der Waals surface area contributed by atoms with Crippen molar-refractivity contribution < 1.29 is 9.59 Å². The Hall–Kier alpha value is -3.39. The standard InChI is InChI=1S/C19H17N3O2/c1-22(2)11-10-18(23)16-9-8-14(13-20)12-17(16)21-19(24)15-6-4-3-5-7-15/h3-12H,1-2H3,(H,21,24)/b11-10+. The van der Waals surface area contributed by atoms with Gasteiger partial charge in [0.15, 0.2) is 5.78 Å². The molecule has 0 bridgehead atoms. The molecule has 0 aliphatic heterocycles. The van der Waals surface area contributed by atoms with Gasteiger partial charge in [0, 0.05) is 37.5 Å². The van der Waals surface area contributed by atoms with Crippen molar-refractivity contribution in [3.63, 3.8) is 0 Å². The third-order valence-corrected chi connectivity index (χ3v) is 3.22. The number of amides is 1. The smallest absolute Gasteiger partial charge is 0.255 e. The SMILES string of the molecule is CN(C)/C=C/C(=O)c1ccc(C#N)cc1NC(=O)c1ccccc1. The van der Waals surface area contributed by atoms with Crippen LogP contribution in [0.5, 0.6) is 0 Å². The zero-order valence-corrected chi connectivity index (χ0v) is 13.5. The molecule has 24 heavy (non-hydrogen) atoms. The second kappa shape index (κ2) is 7.75. The van der Waals surface area contributed by atoms with Crippen LogP contribution in [-0.2, 0) is 0 Å². The number of allylic oxidation sites excluding steroid dienone is 1. The van der Waals surface area contributed by atoms with Crippen LogP contribution in [0.4, 0.5) is 5.69 Å². The minimum atomic E-state index is -0.337. The maximum Gasteiger partial charge on any atom is 0.255 e. The number of carbonyl (C=O) groups is 2. The largest absolute Gasteiger partial charge is 0.383 e. The van der Waals surface area contributed by atoms with Crippen LogP contribution in [0.2, 0.25) is 0 Å². The van der Waals surface area contributed by atoms with E-state index in [1.807, 2.05) is 12.1 Å². The summed E-state index contributed by atoms with van der Waals surface area (Å²) >= 11 is 0. The van der Waals surface area contributed by atoms with Crippen LogP contribution in [0.15, 0.2) is 60.8 Å². The second-order valence-corrected chi connectivity index (χ2v) is 5.34. The van der Waals surface area contributed by atoms with Crippen molar-refractivity contribution in [3.8, 4) is 6.07 Å². The molecule has 5 heteroatoms. The highest BCUT2D eigenvalue weighted by Gasteiger charge is 2.13. The lowest BCUT2D eigenvalue weighted by atomic mass is 10.0. The summed E-state index contributed by atoms with van der Waals surface area (Å²) in [6.45, 7) is 0. The van der Waals surface area contributed by atoms with E-state index in [0.29, 0.717) is 22.4 Å². The van der Waals surface area contributed by atoms with Gasteiger partial charge in [-0.15, -0.1) is 0 Å². The molecule has 120 valence electrons. The Morgan fingerprint density at radius 3 is 2.46 bits per heavy atom. The summed E-state index contributed by atoms with van der Waals surface area (Å²) in [6, 6.07) is 15.3. The normalized spacial score (nSPS) is 10.2. The average molecular weight is 319 g/mol. The van der Waals surface area contributed by atoms with Gasteiger partial charge in [0.1, 0.15) is 0 Å². The van der Waals surface area contributed by atoms with E-state index in [0.717, 1.165) is 0 Å². The monoisotopic (exact) mass is 319 g/mol. The summed E-state index contributed by atoms with van der Waals surface area (Å²) in [7, 11) is 3.61. The molecule has 1 amide bonds. The molecule has 2 rings (SSSR count). The highest BCUT2D eigenvalue weighted by Crippen LogP contribution is 2.20. The molecule has 0 atom stereocenters. The summed E-state index contributed by atoms with van der Waals surface area (Å²) in [5, 5.41) is 11.8. The van der Waals surface area contributed by atoms with Crippen LogP contribution in [0.3, 0.4) is 0 Å². The molecular formula is C19H17N3O2. The third kappa shape index (κ3) is 4.31. The first-order valence-corrected chi connectivity index (χ1v) is 7.31. The van der Waals surface area contributed by atoms with Crippen molar-refractivity contribution in [2.45, 2.75) is 0 Å². The van der Waals surface area contributed by atoms with Gasteiger partial charge in [-0.2, -0.15) is 5.26 Å². The lowest BCUT2D eigenvalue weighted by Gasteiger charge is -2.10. The first-order chi connectivity index (χ1) is 11.5. The topological polar surface area (TPSA) is 73.2 Å². The Morgan fingerprint density at radius 2 is 1.83 bits per heavy atom. The summed E-state index contributed by atoms with van der Waals surface area (Å²) in [5.74, 6) is -0.590. The summed E-state index contributed by atoms with van der Waals surface area (Å²) < 4.78 is 0. The van der Waals surface area contributed by atoms with Crippen LogP contribution in [0, 0.1) is 11.3 Å². The summed E-state index contributed by atoms with van der Waals surface area (Å²) in [6.07, 6.45) is 3.04. The number of benzene rings is 2. The Labute approximate surface area is 140 Å². The molecule has 0 aliphatic rings. The van der Waals surface area contributed by atoms with Gasteiger partial charge in [-0.25, -0.2) is 0 Å². The molecule has 0 fully saturated rings. The predicted octanol–water partition coefficient (Wildman–Crippen LogP) is 3.07. The molecule has 2 aromatic carbocycles. The quantitative estimate of drug-likeness (QED) is 0.679. The fourth-order valence-electron chi connectivity index (χ4n) is 2.02. The summed E-state index contributed by atoms with van der Waals surface area (Å²) in [4.78, 5) is 26.4. The van der Waals surface area contributed by atoms with Crippen molar-refractivity contribution in [2.24, 2.45) is 0 Å². The molecule has 0 radical (unpaired) electrons. The lowest BCUT2D eigenvalue weighted by molar-refractivity contribution is 0.102. The van der Waals surface area contributed by atoms with Crippen molar-refractivity contribution in [3.05, 3.63) is 77.5 Å². The Balaban J connectivity index is 2.35. The Morgan fingerprint density at radius 1 is 1.12 bits per heavy atom. The molecule has 0 saturated carbocycles. The molecule has 0 aliphatic carbocycles. The average Bonchev–Trinajstić information content (AvgIpc) is 2.60. The van der Waals surface area contributed by atoms with Crippen molar-refractivity contribution in [1.29, 1.82) is 5.26 Å². The molecule has 0 saturated heterocycles. The molecular weight excluding hydrogens is 302 g/mol. The van der Waals surface area contributed by atoms with E-state index < -0.39 is 0 Å². The highest BCUT2D eigenvalue weighted by molar-refractivity contribution is 6.12. The molecule has 0 aromatic heterocycles. The van der Waals surface area contributed by atoms with Crippen molar-refractivity contribution >= 4 is 17.4 Å². The Bertz CT molecular complexity index is 818. The van der Waals surface area contributed by atoms with E-state index in [-0.39, 0.29) is 11.7 Å². The first-order valence-electron chi connectivity index (χ1n) is 7.31. The van der Waals surface area contributed by atoms with Gasteiger partial charge in [0.2, 0.25) is 0 Å². The number of nitriles is 1. The van der Waals surface area contributed by atoms with Crippen LogP contribution >= 0.6 is 0 Å². The van der Waals surface area contributed by atoms with Gasteiger partial charge in [-0.05, 0) is 30.3 Å². The van der Waals surface area contributed by atoms with Gasteiger partial charge in [-0.3, -0.25) is 9.59 Å². The Kier molecular flexibility index (Phi) is 5.48. The van der Waals surface area contributed by atoms with E-state index in [1.54, 1.807) is 61.6 Å². The molecule has 5 nitrogen and oxygen atoms in total. The molecule has 1 N–H and O–H groups in total. The highest BCUT2D eigenvalue weighted by atomic mass is 16.1. The van der Waals surface area contributed by atoms with Crippen molar-refractivity contribution in [2.75, 3.05) is 19.4 Å². The predicted molar refractivity (Wildman–Crippen MR) is 92.7 cm³/mol. The number of hydrogen-bond acceptors (Lipinski definition) is 4. The second-order valence-electron chi connectivity index (χ2n) is 5.34. The van der Waals surface area contributed by atoms with Gasteiger partial charge in [0.25, 0.3) is 5.91 Å². The lowest BCUT2D eigenvalue weighted by Crippen LogP contribution is -2.15. The van der Waals surface area contributed by atoms with E-state index in [4.69, 9.17) is 5.26 Å². The zero-order chi connectivity index (χ0) is 17.5. The fraction of sp³-hybridized carbons (Fsp3) is 0.105. The summed E-state index contributed by atoms with van der Waals surface area (Å²) in [5.41, 5.74) is 1.49. The van der Waals surface area contributed by atoms with Gasteiger partial charge in [-0.1, -0.05) is 18.2 Å². The minimum absolute atomic E-state index is 0.253. The van der Waals surface area contributed by atoms with E-state index >= 15 is 0 Å². The van der Waals surface area contributed by atoms with E-state index in [2.05, 4.69) is 5.32 Å². The van der Waals surface area contributed by atoms with Gasteiger partial charge in [0.05, 0.1) is 17.3 Å². The van der Waals surface area contributed by atoms with Crippen LogP contribution in [0.1, 0.15) is 26.3 Å². The maximum atomic E-state index is 12.3.